The molecule has 1 aromatic rings. The lowest BCUT2D eigenvalue weighted by Crippen LogP contribution is -2.52. The van der Waals surface area contributed by atoms with Gasteiger partial charge in [0.1, 0.15) is 0 Å². The van der Waals surface area contributed by atoms with Crippen molar-refractivity contribution in [1.82, 2.24) is 20.1 Å². The van der Waals surface area contributed by atoms with E-state index in [0.717, 1.165) is 58.4 Å². The van der Waals surface area contributed by atoms with Crippen LogP contribution >= 0.6 is 0 Å². The van der Waals surface area contributed by atoms with Crippen LogP contribution in [0.25, 0.3) is 0 Å². The summed E-state index contributed by atoms with van der Waals surface area (Å²) in [6.45, 7) is 6.12. The molecule has 0 bridgehead atoms. The van der Waals surface area contributed by atoms with Gasteiger partial charge < -0.3 is 10.4 Å². The lowest BCUT2D eigenvalue weighted by molar-refractivity contribution is -0.128. The molecule has 1 saturated carbocycles. The molecule has 1 aromatic heterocycles. The molecular formula is C23H36N4O2. The fraction of sp³-hybridized carbons (Fsp3) is 0.739. The molecule has 0 aromatic carbocycles. The summed E-state index contributed by atoms with van der Waals surface area (Å²) in [5.74, 6) is 0.305. The Balaban J connectivity index is 1.22. The van der Waals surface area contributed by atoms with E-state index in [1.807, 2.05) is 12.4 Å². The summed E-state index contributed by atoms with van der Waals surface area (Å²) in [7, 11) is 0. The van der Waals surface area contributed by atoms with Crippen LogP contribution in [-0.2, 0) is 11.3 Å². The van der Waals surface area contributed by atoms with Gasteiger partial charge in [-0.3, -0.25) is 19.6 Å². The zero-order chi connectivity index (χ0) is 20.1. The molecule has 3 fully saturated rings. The van der Waals surface area contributed by atoms with Crippen molar-refractivity contribution in [3.8, 4) is 0 Å². The van der Waals surface area contributed by atoms with E-state index >= 15 is 0 Å². The van der Waals surface area contributed by atoms with Gasteiger partial charge in [0, 0.05) is 43.5 Å². The van der Waals surface area contributed by atoms with Crippen molar-refractivity contribution in [3.63, 3.8) is 0 Å². The highest BCUT2D eigenvalue weighted by Crippen LogP contribution is 2.39. The average Bonchev–Trinajstić information content (AvgIpc) is 2.74. The van der Waals surface area contributed by atoms with Gasteiger partial charge in [0.25, 0.3) is 0 Å². The maximum Gasteiger partial charge on any atom is 0.224 e. The van der Waals surface area contributed by atoms with Gasteiger partial charge in [0.05, 0.1) is 12.5 Å². The number of carbonyl (C=O) groups excluding carboxylic acids is 1. The highest BCUT2D eigenvalue weighted by molar-refractivity contribution is 5.79. The number of nitrogens with zero attached hydrogens (tertiary/aromatic N) is 3. The third kappa shape index (κ3) is 5.16. The number of hydrogen-bond donors (Lipinski definition) is 2. The van der Waals surface area contributed by atoms with Crippen LogP contribution in [0, 0.1) is 11.3 Å². The Kier molecular flexibility index (Phi) is 6.83. The maximum atomic E-state index is 12.8. The minimum Gasteiger partial charge on any atom is -0.396 e. The number of amides is 1. The molecule has 2 aliphatic heterocycles. The van der Waals surface area contributed by atoms with Crippen molar-refractivity contribution in [3.05, 3.63) is 30.1 Å². The number of likely N-dealkylation sites (tertiary alicyclic amines) is 2. The van der Waals surface area contributed by atoms with Gasteiger partial charge in [-0.2, -0.15) is 0 Å². The minimum atomic E-state index is -0.0361. The smallest absolute Gasteiger partial charge is 0.224 e. The van der Waals surface area contributed by atoms with E-state index in [2.05, 4.69) is 32.2 Å². The fourth-order valence-electron chi connectivity index (χ4n) is 5.23. The monoisotopic (exact) mass is 400 g/mol. The van der Waals surface area contributed by atoms with Crippen LogP contribution in [0.4, 0.5) is 0 Å². The van der Waals surface area contributed by atoms with Crippen molar-refractivity contribution in [2.75, 3.05) is 39.3 Å². The first-order chi connectivity index (χ1) is 14.2. The molecule has 3 aliphatic rings. The summed E-state index contributed by atoms with van der Waals surface area (Å²) in [5, 5.41) is 12.8. The highest BCUT2D eigenvalue weighted by atomic mass is 16.3. The van der Waals surface area contributed by atoms with Crippen molar-refractivity contribution in [1.29, 1.82) is 0 Å². The SMILES string of the molecule is O=C(NCC1(CO)CCC1)C1CCCN(C2CCN(Cc3ccncc3)CC2)C1. The van der Waals surface area contributed by atoms with Gasteiger partial charge in [0.2, 0.25) is 5.91 Å². The maximum absolute atomic E-state index is 12.8. The number of aliphatic hydroxyl groups excluding tert-OH is 1. The molecule has 29 heavy (non-hydrogen) atoms. The lowest BCUT2D eigenvalue weighted by atomic mass is 9.69. The predicted molar refractivity (Wildman–Crippen MR) is 113 cm³/mol. The molecule has 4 rings (SSSR count). The quantitative estimate of drug-likeness (QED) is 0.733. The molecule has 6 heteroatoms. The van der Waals surface area contributed by atoms with E-state index in [1.165, 1.54) is 24.8 Å². The number of pyridine rings is 1. The first-order valence-electron chi connectivity index (χ1n) is 11.4. The number of piperidine rings is 2. The number of nitrogens with one attached hydrogen (secondary N) is 1. The molecule has 1 aliphatic carbocycles. The summed E-state index contributed by atoms with van der Waals surface area (Å²) >= 11 is 0. The van der Waals surface area contributed by atoms with Crippen LogP contribution in [0.3, 0.4) is 0 Å². The van der Waals surface area contributed by atoms with Crippen molar-refractivity contribution >= 4 is 5.91 Å². The Hall–Kier alpha value is -1.50. The molecule has 2 N–H and O–H groups in total. The topological polar surface area (TPSA) is 68.7 Å². The standard InChI is InChI=1S/C23H36N4O2/c28-18-23(8-2-9-23)17-25-22(29)20-3-1-12-27(16-20)21-6-13-26(14-7-21)15-19-4-10-24-11-5-19/h4-5,10-11,20-21,28H,1-3,6-9,12-18H2,(H,25,29). The molecular weight excluding hydrogens is 364 g/mol. The Morgan fingerprint density at radius 3 is 2.55 bits per heavy atom. The van der Waals surface area contributed by atoms with Gasteiger partial charge in [-0.05, 0) is 75.9 Å². The Morgan fingerprint density at radius 1 is 1.14 bits per heavy atom. The second kappa shape index (κ2) is 9.54. The number of hydrogen-bond acceptors (Lipinski definition) is 5. The number of aromatic nitrogens is 1. The molecule has 1 unspecified atom stereocenters. The molecule has 6 nitrogen and oxygen atoms in total. The van der Waals surface area contributed by atoms with E-state index in [0.29, 0.717) is 12.6 Å². The normalized spacial score (nSPS) is 26.0. The zero-order valence-corrected chi connectivity index (χ0v) is 17.6. The number of aliphatic hydroxyl groups is 1. The Labute approximate surface area is 174 Å². The largest absolute Gasteiger partial charge is 0.396 e. The fourth-order valence-corrected chi connectivity index (χ4v) is 5.23. The Morgan fingerprint density at radius 2 is 1.90 bits per heavy atom. The minimum absolute atomic E-state index is 0.0361. The number of carbonyl (C=O) groups is 1. The first-order valence-corrected chi connectivity index (χ1v) is 11.4. The van der Waals surface area contributed by atoms with E-state index in [-0.39, 0.29) is 23.8 Å². The molecule has 160 valence electrons. The summed E-state index contributed by atoms with van der Waals surface area (Å²) < 4.78 is 0. The second-order valence-electron chi connectivity index (χ2n) is 9.43. The van der Waals surface area contributed by atoms with Crippen LogP contribution < -0.4 is 5.32 Å². The number of rotatable bonds is 7. The summed E-state index contributed by atoms with van der Waals surface area (Å²) in [4.78, 5) is 22.0. The molecule has 0 spiro atoms. The van der Waals surface area contributed by atoms with Crippen molar-refractivity contribution in [2.45, 2.75) is 57.5 Å². The Bertz CT molecular complexity index is 651. The average molecular weight is 401 g/mol. The van der Waals surface area contributed by atoms with Crippen LogP contribution in [0.5, 0.6) is 0 Å². The van der Waals surface area contributed by atoms with Crippen LogP contribution in [0.2, 0.25) is 0 Å². The molecule has 1 amide bonds. The zero-order valence-electron chi connectivity index (χ0n) is 17.6. The van der Waals surface area contributed by atoms with Crippen LogP contribution in [0.1, 0.15) is 50.5 Å². The third-order valence-corrected chi connectivity index (χ3v) is 7.44. The van der Waals surface area contributed by atoms with Crippen LogP contribution in [0.15, 0.2) is 24.5 Å². The molecule has 3 heterocycles. The summed E-state index contributed by atoms with van der Waals surface area (Å²) in [6.07, 6.45) is 11.5. The van der Waals surface area contributed by atoms with Gasteiger partial charge in [-0.1, -0.05) is 6.42 Å². The van der Waals surface area contributed by atoms with Crippen molar-refractivity contribution < 1.29 is 9.90 Å². The summed E-state index contributed by atoms with van der Waals surface area (Å²) in [5.41, 5.74) is 1.30. The van der Waals surface area contributed by atoms with Gasteiger partial charge >= 0.3 is 0 Å². The second-order valence-corrected chi connectivity index (χ2v) is 9.43. The molecule has 0 radical (unpaired) electrons. The van der Waals surface area contributed by atoms with Gasteiger partial charge in [-0.25, -0.2) is 0 Å². The van der Waals surface area contributed by atoms with E-state index in [4.69, 9.17) is 0 Å². The highest BCUT2D eigenvalue weighted by Gasteiger charge is 2.38. The van der Waals surface area contributed by atoms with Crippen molar-refractivity contribution in [2.24, 2.45) is 11.3 Å². The molecule has 2 saturated heterocycles. The lowest BCUT2D eigenvalue weighted by Gasteiger charge is -2.43. The van der Waals surface area contributed by atoms with Gasteiger partial charge in [-0.15, -0.1) is 0 Å². The predicted octanol–water partition coefficient (Wildman–Crippen LogP) is 2.04. The first kappa shape index (κ1) is 20.8. The molecule has 1 atom stereocenters. The van der Waals surface area contributed by atoms with E-state index < -0.39 is 0 Å². The third-order valence-electron chi connectivity index (χ3n) is 7.44. The van der Waals surface area contributed by atoms with Gasteiger partial charge in [0.15, 0.2) is 0 Å². The van der Waals surface area contributed by atoms with E-state index in [1.54, 1.807) is 0 Å². The summed E-state index contributed by atoms with van der Waals surface area (Å²) in [6, 6.07) is 4.81. The van der Waals surface area contributed by atoms with E-state index in [9.17, 15) is 9.90 Å². The van der Waals surface area contributed by atoms with Crippen LogP contribution in [-0.4, -0.2) is 71.2 Å².